The second-order valence-corrected chi connectivity index (χ2v) is 13.8. The molecule has 3 aromatic heterocycles. The van der Waals surface area contributed by atoms with Gasteiger partial charge in [0.1, 0.15) is 11.2 Å². The first-order valence-electron chi connectivity index (χ1n) is 18.2. The van der Waals surface area contributed by atoms with Gasteiger partial charge in [0.15, 0.2) is 5.82 Å². The van der Waals surface area contributed by atoms with Crippen LogP contribution in [0.1, 0.15) is 0 Å². The van der Waals surface area contributed by atoms with Crippen molar-refractivity contribution in [2.24, 2.45) is 0 Å². The molecule has 0 aliphatic rings. The fraction of sp³-hybridized carbons (Fsp3) is 0. The van der Waals surface area contributed by atoms with Gasteiger partial charge in [-0.3, -0.25) is 0 Å². The Morgan fingerprint density at radius 1 is 0.389 bits per heavy atom. The van der Waals surface area contributed by atoms with E-state index in [2.05, 4.69) is 156 Å². The van der Waals surface area contributed by atoms with Crippen molar-refractivity contribution in [2.75, 3.05) is 0 Å². The molecule has 252 valence electrons. The molecule has 0 unspecified atom stereocenters. The van der Waals surface area contributed by atoms with E-state index in [4.69, 9.17) is 14.4 Å². The number of para-hydroxylation sites is 3. The van der Waals surface area contributed by atoms with Gasteiger partial charge in [-0.1, -0.05) is 133 Å². The second kappa shape index (κ2) is 12.1. The summed E-state index contributed by atoms with van der Waals surface area (Å²) in [5.41, 5.74) is 13.7. The average molecular weight is 690 g/mol. The minimum absolute atomic E-state index is 0.708. The van der Waals surface area contributed by atoms with Gasteiger partial charge in [0.05, 0.1) is 22.2 Å². The van der Waals surface area contributed by atoms with Crippen LogP contribution in [0.2, 0.25) is 0 Å². The zero-order valence-corrected chi connectivity index (χ0v) is 29.1. The van der Waals surface area contributed by atoms with Crippen LogP contribution in [0.15, 0.2) is 192 Å². The first-order chi connectivity index (χ1) is 26.8. The Balaban J connectivity index is 1.07. The molecule has 0 atom stereocenters. The molecule has 4 nitrogen and oxygen atoms in total. The van der Waals surface area contributed by atoms with Crippen molar-refractivity contribution < 1.29 is 4.42 Å². The van der Waals surface area contributed by atoms with Crippen LogP contribution in [-0.2, 0) is 0 Å². The zero-order valence-electron chi connectivity index (χ0n) is 29.1. The molecule has 0 saturated carbocycles. The molecular weight excluding hydrogens is 659 g/mol. The van der Waals surface area contributed by atoms with E-state index in [0.29, 0.717) is 5.82 Å². The summed E-state index contributed by atoms with van der Waals surface area (Å²) in [4.78, 5) is 10.4. The van der Waals surface area contributed by atoms with Crippen LogP contribution in [0.4, 0.5) is 0 Å². The van der Waals surface area contributed by atoms with Crippen molar-refractivity contribution in [1.29, 1.82) is 0 Å². The van der Waals surface area contributed by atoms with E-state index in [1.54, 1.807) is 0 Å². The lowest BCUT2D eigenvalue weighted by atomic mass is 9.96. The standard InChI is InChI=1S/C50H31N3O/c1-3-12-34(13-4-1)50-51-43-28-26-35(36-27-29-45-41(30-36)39-16-7-9-19-44(39)53(45)37-14-5-2-6-15-37)31-42(43)49(52-50)33-24-22-32(23-25-33)38-18-11-21-47-48(38)40-17-8-10-20-46(40)54-47/h1-31H. The lowest BCUT2D eigenvalue weighted by Gasteiger charge is -2.12. The molecule has 0 amide bonds. The van der Waals surface area contributed by atoms with E-state index in [1.807, 2.05) is 36.4 Å². The Kier molecular flexibility index (Phi) is 6.82. The van der Waals surface area contributed by atoms with E-state index in [9.17, 15) is 0 Å². The summed E-state index contributed by atoms with van der Waals surface area (Å²) in [6.45, 7) is 0. The Morgan fingerprint density at radius 3 is 1.85 bits per heavy atom. The van der Waals surface area contributed by atoms with Gasteiger partial charge >= 0.3 is 0 Å². The van der Waals surface area contributed by atoms with E-state index in [1.165, 1.54) is 21.8 Å². The van der Waals surface area contributed by atoms with Gasteiger partial charge in [0.2, 0.25) is 0 Å². The fourth-order valence-corrected chi connectivity index (χ4v) is 8.07. The molecule has 0 saturated heterocycles. The summed E-state index contributed by atoms with van der Waals surface area (Å²) in [5.74, 6) is 0.708. The largest absolute Gasteiger partial charge is 0.456 e. The molecule has 0 fully saturated rings. The van der Waals surface area contributed by atoms with Crippen LogP contribution in [0, 0.1) is 0 Å². The van der Waals surface area contributed by atoms with Crippen LogP contribution in [0.25, 0.3) is 105 Å². The maximum absolute atomic E-state index is 6.21. The summed E-state index contributed by atoms with van der Waals surface area (Å²) < 4.78 is 8.56. The molecule has 0 aliphatic carbocycles. The first kappa shape index (κ1) is 30.3. The van der Waals surface area contributed by atoms with Crippen LogP contribution >= 0.6 is 0 Å². The number of fused-ring (bicyclic) bond motifs is 7. The predicted molar refractivity (Wildman–Crippen MR) is 223 cm³/mol. The number of hydrogen-bond donors (Lipinski definition) is 0. The number of rotatable bonds is 5. The summed E-state index contributed by atoms with van der Waals surface area (Å²) in [6.07, 6.45) is 0. The molecular formula is C50H31N3O. The van der Waals surface area contributed by atoms with Gasteiger partial charge in [0, 0.05) is 43.7 Å². The van der Waals surface area contributed by atoms with Crippen molar-refractivity contribution >= 4 is 54.6 Å². The van der Waals surface area contributed by atoms with Crippen LogP contribution in [0.3, 0.4) is 0 Å². The maximum atomic E-state index is 6.21. The number of nitrogens with zero attached hydrogens (tertiary/aromatic N) is 3. The van der Waals surface area contributed by atoms with Gasteiger partial charge in [-0.2, -0.15) is 0 Å². The summed E-state index contributed by atoms with van der Waals surface area (Å²) >= 11 is 0. The minimum Gasteiger partial charge on any atom is -0.456 e. The molecule has 0 N–H and O–H groups in total. The third kappa shape index (κ3) is 4.85. The zero-order chi connectivity index (χ0) is 35.6. The van der Waals surface area contributed by atoms with Gasteiger partial charge < -0.3 is 8.98 Å². The van der Waals surface area contributed by atoms with E-state index in [0.717, 1.165) is 77.6 Å². The molecule has 3 heterocycles. The molecule has 11 aromatic rings. The first-order valence-corrected chi connectivity index (χ1v) is 18.2. The van der Waals surface area contributed by atoms with Crippen LogP contribution in [-0.4, -0.2) is 14.5 Å². The third-order valence-corrected chi connectivity index (χ3v) is 10.6. The normalized spacial score (nSPS) is 11.7. The van der Waals surface area contributed by atoms with Gasteiger partial charge in [-0.05, 0) is 76.9 Å². The Bertz CT molecular complexity index is 3200. The molecule has 54 heavy (non-hydrogen) atoms. The number of hydrogen-bond acceptors (Lipinski definition) is 3. The van der Waals surface area contributed by atoms with Gasteiger partial charge in [-0.15, -0.1) is 0 Å². The fourth-order valence-electron chi connectivity index (χ4n) is 8.07. The summed E-state index contributed by atoms with van der Waals surface area (Å²) in [7, 11) is 0. The molecule has 0 aliphatic heterocycles. The maximum Gasteiger partial charge on any atom is 0.160 e. The van der Waals surface area contributed by atoms with E-state index >= 15 is 0 Å². The van der Waals surface area contributed by atoms with E-state index in [-0.39, 0.29) is 0 Å². The van der Waals surface area contributed by atoms with Gasteiger partial charge in [-0.25, -0.2) is 9.97 Å². The molecule has 0 spiro atoms. The smallest absolute Gasteiger partial charge is 0.160 e. The Hall–Kier alpha value is -7.30. The quantitative estimate of drug-likeness (QED) is 0.181. The lowest BCUT2D eigenvalue weighted by Crippen LogP contribution is -1.96. The number of aromatic nitrogens is 3. The highest BCUT2D eigenvalue weighted by Gasteiger charge is 2.17. The highest BCUT2D eigenvalue weighted by Crippen LogP contribution is 2.39. The number of benzene rings is 8. The average Bonchev–Trinajstić information content (AvgIpc) is 3.79. The molecule has 11 rings (SSSR count). The van der Waals surface area contributed by atoms with Crippen LogP contribution in [0.5, 0.6) is 0 Å². The minimum atomic E-state index is 0.708. The summed E-state index contributed by atoms with van der Waals surface area (Å²) in [6, 6.07) is 66.1. The van der Waals surface area contributed by atoms with Crippen molar-refractivity contribution in [3.05, 3.63) is 188 Å². The lowest BCUT2D eigenvalue weighted by molar-refractivity contribution is 0.669. The monoisotopic (exact) mass is 689 g/mol. The highest BCUT2D eigenvalue weighted by molar-refractivity contribution is 6.13. The summed E-state index contributed by atoms with van der Waals surface area (Å²) in [5, 5.41) is 5.72. The van der Waals surface area contributed by atoms with Crippen molar-refractivity contribution in [2.45, 2.75) is 0 Å². The van der Waals surface area contributed by atoms with Gasteiger partial charge in [0.25, 0.3) is 0 Å². The SMILES string of the molecule is c1ccc(-c2nc(-c3ccc(-c4cccc5oc6ccccc6c45)cc3)c3cc(-c4ccc5c(c4)c4ccccc4n5-c4ccccc4)ccc3n2)cc1. The molecule has 0 radical (unpaired) electrons. The van der Waals surface area contributed by atoms with Crippen molar-refractivity contribution in [3.63, 3.8) is 0 Å². The second-order valence-electron chi connectivity index (χ2n) is 13.8. The van der Waals surface area contributed by atoms with Crippen LogP contribution < -0.4 is 0 Å². The predicted octanol–water partition coefficient (Wildman–Crippen LogP) is 13.3. The van der Waals surface area contributed by atoms with Crippen molar-refractivity contribution in [3.8, 4) is 50.6 Å². The Labute approximate surface area is 311 Å². The topological polar surface area (TPSA) is 43.9 Å². The molecule has 4 heteroatoms. The van der Waals surface area contributed by atoms with E-state index < -0.39 is 0 Å². The third-order valence-electron chi connectivity index (χ3n) is 10.6. The molecule has 0 bridgehead atoms. The number of furan rings is 1. The molecule has 8 aromatic carbocycles. The highest BCUT2D eigenvalue weighted by atomic mass is 16.3. The Morgan fingerprint density at radius 2 is 1.02 bits per heavy atom. The van der Waals surface area contributed by atoms with Crippen molar-refractivity contribution in [1.82, 2.24) is 14.5 Å².